The van der Waals surface area contributed by atoms with Crippen molar-refractivity contribution >= 4 is 0 Å². The van der Waals surface area contributed by atoms with E-state index < -0.39 is 0 Å². The van der Waals surface area contributed by atoms with Crippen LogP contribution in [0, 0.1) is 12.7 Å². The summed E-state index contributed by atoms with van der Waals surface area (Å²) in [6.07, 6.45) is 1.06. The largest absolute Gasteiger partial charge is 0.310 e. The number of benzene rings is 1. The monoisotopic (exact) mass is 165 g/mol. The van der Waals surface area contributed by atoms with Crippen LogP contribution in [0.15, 0.2) is 18.2 Å². The molecule has 0 amide bonds. The van der Waals surface area contributed by atoms with Crippen molar-refractivity contribution in [1.82, 2.24) is 5.32 Å². The number of nitrogens with one attached hydrogen (secondary N) is 1. The first-order chi connectivity index (χ1) is 5.79. The van der Waals surface area contributed by atoms with Gasteiger partial charge in [-0.05, 0) is 31.5 Å². The lowest BCUT2D eigenvalue weighted by Crippen LogP contribution is -2.36. The van der Waals surface area contributed by atoms with Crippen molar-refractivity contribution in [2.24, 2.45) is 0 Å². The highest BCUT2D eigenvalue weighted by atomic mass is 19.1. The summed E-state index contributed by atoms with van der Waals surface area (Å²) in [4.78, 5) is 0. The highest BCUT2D eigenvalue weighted by Crippen LogP contribution is 2.27. The van der Waals surface area contributed by atoms with E-state index in [1.807, 2.05) is 13.0 Å². The Hall–Kier alpha value is -0.890. The molecule has 2 rings (SSSR count). The number of halogens is 1. The predicted molar refractivity (Wildman–Crippen MR) is 46.5 cm³/mol. The van der Waals surface area contributed by atoms with Gasteiger partial charge in [0.2, 0.25) is 0 Å². The van der Waals surface area contributed by atoms with E-state index in [-0.39, 0.29) is 11.9 Å². The van der Waals surface area contributed by atoms with E-state index in [1.165, 1.54) is 6.07 Å². The third-order valence-electron chi connectivity index (χ3n) is 2.44. The fourth-order valence-corrected chi connectivity index (χ4v) is 1.62. The third-order valence-corrected chi connectivity index (χ3v) is 2.44. The SMILES string of the molecule is Cc1cccc(F)c1[C@H]1CCN1. The van der Waals surface area contributed by atoms with Crippen LogP contribution >= 0.6 is 0 Å². The fraction of sp³-hybridized carbons (Fsp3) is 0.400. The van der Waals surface area contributed by atoms with Crippen LogP contribution in [0.3, 0.4) is 0 Å². The summed E-state index contributed by atoms with van der Waals surface area (Å²) >= 11 is 0. The van der Waals surface area contributed by atoms with Gasteiger partial charge in [0.05, 0.1) is 0 Å². The Morgan fingerprint density at radius 3 is 2.75 bits per heavy atom. The van der Waals surface area contributed by atoms with Gasteiger partial charge in [-0.1, -0.05) is 12.1 Å². The average molecular weight is 165 g/mol. The molecule has 1 aromatic rings. The molecule has 1 saturated heterocycles. The molecular weight excluding hydrogens is 153 g/mol. The van der Waals surface area contributed by atoms with Crippen LogP contribution in [0.2, 0.25) is 0 Å². The highest BCUT2D eigenvalue weighted by molar-refractivity contribution is 5.31. The van der Waals surface area contributed by atoms with Crippen molar-refractivity contribution < 1.29 is 4.39 Å². The van der Waals surface area contributed by atoms with Crippen LogP contribution in [0.1, 0.15) is 23.6 Å². The molecule has 0 spiro atoms. The molecule has 1 heterocycles. The summed E-state index contributed by atoms with van der Waals surface area (Å²) in [6, 6.07) is 5.50. The lowest BCUT2D eigenvalue weighted by atomic mass is 9.94. The summed E-state index contributed by atoms with van der Waals surface area (Å²) in [5.74, 6) is -0.0767. The second kappa shape index (κ2) is 2.87. The zero-order valence-corrected chi connectivity index (χ0v) is 7.10. The van der Waals surface area contributed by atoms with Crippen LogP contribution in [-0.2, 0) is 0 Å². The molecule has 0 bridgehead atoms. The lowest BCUT2D eigenvalue weighted by molar-refractivity contribution is 0.369. The summed E-state index contributed by atoms with van der Waals surface area (Å²) in [5, 5.41) is 3.20. The zero-order chi connectivity index (χ0) is 8.55. The van der Waals surface area contributed by atoms with Crippen LogP contribution < -0.4 is 5.32 Å². The molecule has 12 heavy (non-hydrogen) atoms. The molecule has 0 aliphatic carbocycles. The van der Waals surface area contributed by atoms with Gasteiger partial charge in [-0.15, -0.1) is 0 Å². The number of hydrogen-bond acceptors (Lipinski definition) is 1. The van der Waals surface area contributed by atoms with Crippen molar-refractivity contribution in [1.29, 1.82) is 0 Å². The molecule has 64 valence electrons. The Morgan fingerprint density at radius 1 is 1.50 bits per heavy atom. The van der Waals surface area contributed by atoms with E-state index in [1.54, 1.807) is 6.07 Å². The molecule has 0 aromatic heterocycles. The molecule has 1 aliphatic rings. The van der Waals surface area contributed by atoms with E-state index in [2.05, 4.69) is 5.32 Å². The molecule has 0 radical (unpaired) electrons. The maximum Gasteiger partial charge on any atom is 0.128 e. The van der Waals surface area contributed by atoms with Crippen molar-refractivity contribution in [3.63, 3.8) is 0 Å². The molecule has 1 fully saturated rings. The topological polar surface area (TPSA) is 12.0 Å². The second-order valence-corrected chi connectivity index (χ2v) is 3.27. The third kappa shape index (κ3) is 1.12. The summed E-state index contributed by atoms with van der Waals surface area (Å²) in [6.45, 7) is 2.97. The predicted octanol–water partition coefficient (Wildman–Crippen LogP) is 2.17. The Labute approximate surface area is 71.6 Å². The van der Waals surface area contributed by atoms with Gasteiger partial charge < -0.3 is 5.32 Å². The van der Waals surface area contributed by atoms with Gasteiger partial charge >= 0.3 is 0 Å². The molecular formula is C10H12FN. The minimum atomic E-state index is -0.0767. The average Bonchev–Trinajstić information content (AvgIpc) is 1.93. The Bertz CT molecular complexity index is 272. The maximum atomic E-state index is 13.3. The van der Waals surface area contributed by atoms with Crippen molar-refractivity contribution in [2.75, 3.05) is 6.54 Å². The molecule has 1 aliphatic heterocycles. The van der Waals surface area contributed by atoms with Crippen LogP contribution in [0.5, 0.6) is 0 Å². The van der Waals surface area contributed by atoms with Crippen molar-refractivity contribution in [2.45, 2.75) is 19.4 Å². The van der Waals surface area contributed by atoms with Crippen molar-refractivity contribution in [3.8, 4) is 0 Å². The first-order valence-corrected chi connectivity index (χ1v) is 4.27. The second-order valence-electron chi connectivity index (χ2n) is 3.27. The van der Waals surface area contributed by atoms with Gasteiger partial charge in [-0.3, -0.25) is 0 Å². The van der Waals surface area contributed by atoms with Gasteiger partial charge in [0.15, 0.2) is 0 Å². The van der Waals surface area contributed by atoms with E-state index in [9.17, 15) is 4.39 Å². The van der Waals surface area contributed by atoms with Crippen molar-refractivity contribution in [3.05, 3.63) is 35.1 Å². The first-order valence-electron chi connectivity index (χ1n) is 4.27. The fourth-order valence-electron chi connectivity index (χ4n) is 1.62. The molecule has 0 unspecified atom stereocenters. The summed E-state index contributed by atoms with van der Waals surface area (Å²) in [7, 11) is 0. The lowest BCUT2D eigenvalue weighted by Gasteiger charge is -2.29. The van der Waals surface area contributed by atoms with Crippen LogP contribution in [-0.4, -0.2) is 6.54 Å². The van der Waals surface area contributed by atoms with Gasteiger partial charge in [0.1, 0.15) is 5.82 Å². The number of rotatable bonds is 1. The van der Waals surface area contributed by atoms with Crippen LogP contribution in [0.25, 0.3) is 0 Å². The quantitative estimate of drug-likeness (QED) is 0.672. The summed E-state index contributed by atoms with van der Waals surface area (Å²) < 4.78 is 13.3. The van der Waals surface area contributed by atoms with Gasteiger partial charge in [-0.2, -0.15) is 0 Å². The Balaban J connectivity index is 2.39. The molecule has 0 saturated carbocycles. The van der Waals surface area contributed by atoms with E-state index >= 15 is 0 Å². The first kappa shape index (κ1) is 7.74. The molecule has 1 atom stereocenters. The minimum Gasteiger partial charge on any atom is -0.310 e. The molecule has 1 aromatic carbocycles. The van der Waals surface area contributed by atoms with Gasteiger partial charge in [-0.25, -0.2) is 4.39 Å². The van der Waals surface area contributed by atoms with Gasteiger partial charge in [0.25, 0.3) is 0 Å². The normalized spacial score (nSPS) is 22.0. The number of hydrogen-bond donors (Lipinski definition) is 1. The zero-order valence-electron chi connectivity index (χ0n) is 7.10. The standard InChI is InChI=1S/C10H12FN/c1-7-3-2-4-8(11)10(7)9-5-6-12-9/h2-4,9,12H,5-6H2,1H3/t9-/m1/s1. The van der Waals surface area contributed by atoms with E-state index in [0.29, 0.717) is 0 Å². The van der Waals surface area contributed by atoms with Crippen LogP contribution in [0.4, 0.5) is 4.39 Å². The Morgan fingerprint density at radius 2 is 2.25 bits per heavy atom. The van der Waals surface area contributed by atoms with Gasteiger partial charge in [0, 0.05) is 11.6 Å². The molecule has 2 heteroatoms. The van der Waals surface area contributed by atoms with E-state index in [4.69, 9.17) is 0 Å². The van der Waals surface area contributed by atoms with E-state index in [0.717, 1.165) is 24.1 Å². The maximum absolute atomic E-state index is 13.3. The summed E-state index contributed by atoms with van der Waals surface area (Å²) in [5.41, 5.74) is 1.90. The highest BCUT2D eigenvalue weighted by Gasteiger charge is 2.22. The number of aryl methyl sites for hydroxylation is 1. The Kier molecular flexibility index (Phi) is 1.85. The minimum absolute atomic E-state index is 0.0767. The smallest absolute Gasteiger partial charge is 0.128 e. The molecule has 1 N–H and O–H groups in total. The molecule has 1 nitrogen and oxygen atoms in total.